The highest BCUT2D eigenvalue weighted by Gasteiger charge is 2.70. The molecule has 5 aliphatic carbocycles. The predicted octanol–water partition coefficient (Wildman–Crippen LogP) is 4.89. The second kappa shape index (κ2) is 4.75. The van der Waals surface area contributed by atoms with Crippen molar-refractivity contribution >= 4 is 11.6 Å². The molecule has 2 nitrogen and oxygen atoms in total. The maximum atomic E-state index is 12.7. The first-order valence-electron chi connectivity index (χ1n) is 10.3. The van der Waals surface area contributed by atoms with E-state index in [4.69, 9.17) is 0 Å². The average molecular weight is 338 g/mol. The molecule has 0 heterocycles. The van der Waals surface area contributed by atoms with E-state index in [0.29, 0.717) is 29.3 Å². The van der Waals surface area contributed by atoms with Gasteiger partial charge in [-0.15, -0.1) is 0 Å². The Bertz CT molecular complexity index is 730. The van der Waals surface area contributed by atoms with E-state index in [1.54, 1.807) is 0 Å². The molecular weight excluding hydrogens is 308 g/mol. The molecule has 25 heavy (non-hydrogen) atoms. The summed E-state index contributed by atoms with van der Waals surface area (Å²) in [6, 6.07) is 0. The minimum atomic E-state index is -0.164. The van der Waals surface area contributed by atoms with Crippen LogP contribution in [0.3, 0.4) is 0 Å². The number of hydrogen-bond acceptors (Lipinski definition) is 2. The predicted molar refractivity (Wildman–Crippen MR) is 97.8 cm³/mol. The summed E-state index contributed by atoms with van der Waals surface area (Å²) in [7, 11) is 0. The number of carbonyl (C=O) groups is 2. The van der Waals surface area contributed by atoms with Gasteiger partial charge in [0.2, 0.25) is 0 Å². The summed E-state index contributed by atoms with van der Waals surface area (Å²) < 4.78 is 0. The van der Waals surface area contributed by atoms with Crippen LogP contribution in [0.25, 0.3) is 0 Å². The Labute approximate surface area is 151 Å². The Morgan fingerprint density at radius 1 is 1.12 bits per heavy atom. The van der Waals surface area contributed by atoms with Crippen LogP contribution in [0.15, 0.2) is 23.8 Å². The lowest BCUT2D eigenvalue weighted by molar-refractivity contribution is -0.139. The van der Waals surface area contributed by atoms with Gasteiger partial charge in [0.1, 0.15) is 5.78 Å². The molecule has 0 saturated heterocycles. The summed E-state index contributed by atoms with van der Waals surface area (Å²) in [5.74, 6) is 3.33. The number of Topliss-reactive ketones (excluding diaryl/α,β-unsaturated/α-hetero) is 1. The first kappa shape index (κ1) is 16.0. The van der Waals surface area contributed by atoms with Crippen molar-refractivity contribution in [1.29, 1.82) is 0 Å². The van der Waals surface area contributed by atoms with Gasteiger partial charge in [0.15, 0.2) is 5.78 Å². The number of hydrogen-bond donors (Lipinski definition) is 0. The van der Waals surface area contributed by atoms with Gasteiger partial charge in [-0.05, 0) is 86.0 Å². The Morgan fingerprint density at radius 2 is 1.92 bits per heavy atom. The zero-order chi connectivity index (χ0) is 17.6. The fourth-order valence-corrected chi connectivity index (χ4v) is 8.19. The average Bonchev–Trinajstić information content (AvgIpc) is 2.71. The van der Waals surface area contributed by atoms with Crippen LogP contribution in [0.1, 0.15) is 65.7 Å². The minimum absolute atomic E-state index is 0.154. The van der Waals surface area contributed by atoms with E-state index in [0.717, 1.165) is 25.2 Å². The molecule has 0 aromatic carbocycles. The van der Waals surface area contributed by atoms with Gasteiger partial charge in [-0.2, -0.15) is 0 Å². The molecule has 5 aliphatic rings. The topological polar surface area (TPSA) is 34.1 Å². The van der Waals surface area contributed by atoms with E-state index in [1.165, 1.54) is 31.3 Å². The van der Waals surface area contributed by atoms with Crippen molar-refractivity contribution in [2.75, 3.05) is 0 Å². The van der Waals surface area contributed by atoms with Crippen molar-refractivity contribution in [3.8, 4) is 0 Å². The highest BCUT2D eigenvalue weighted by atomic mass is 16.1. The molecule has 0 aliphatic heterocycles. The molecule has 0 bridgehead atoms. The highest BCUT2D eigenvalue weighted by molar-refractivity contribution is 5.91. The molecule has 0 aromatic heterocycles. The fraction of sp³-hybridized carbons (Fsp3) is 0.739. The van der Waals surface area contributed by atoms with E-state index < -0.39 is 0 Å². The second-order valence-corrected chi connectivity index (χ2v) is 10.1. The third-order valence-corrected chi connectivity index (χ3v) is 9.56. The van der Waals surface area contributed by atoms with Gasteiger partial charge in [-0.1, -0.05) is 31.6 Å². The summed E-state index contributed by atoms with van der Waals surface area (Å²) >= 11 is 0. The largest absolute Gasteiger partial charge is 0.299 e. The maximum absolute atomic E-state index is 12.7. The van der Waals surface area contributed by atoms with Crippen molar-refractivity contribution in [3.05, 3.63) is 23.8 Å². The van der Waals surface area contributed by atoms with Crippen molar-refractivity contribution in [2.24, 2.45) is 39.9 Å². The number of ketones is 2. The molecular formula is C23H30O2. The third kappa shape index (κ3) is 1.68. The van der Waals surface area contributed by atoms with E-state index in [2.05, 4.69) is 26.0 Å². The number of rotatable bonds is 1. The number of carbonyl (C=O) groups excluding carboxylic acids is 2. The highest BCUT2D eigenvalue weighted by Crippen LogP contribution is 2.74. The van der Waals surface area contributed by atoms with E-state index in [1.807, 2.05) is 13.0 Å². The normalized spacial score (nSPS) is 53.1. The Morgan fingerprint density at radius 3 is 2.60 bits per heavy atom. The van der Waals surface area contributed by atoms with Crippen molar-refractivity contribution in [3.63, 3.8) is 0 Å². The van der Waals surface area contributed by atoms with Crippen LogP contribution in [0.5, 0.6) is 0 Å². The van der Waals surface area contributed by atoms with Crippen LogP contribution in [0.4, 0.5) is 0 Å². The molecule has 3 saturated carbocycles. The Balaban J connectivity index is 1.54. The molecule has 2 heteroatoms. The van der Waals surface area contributed by atoms with Gasteiger partial charge in [0.25, 0.3) is 0 Å². The van der Waals surface area contributed by atoms with Crippen LogP contribution in [-0.4, -0.2) is 11.6 Å². The molecule has 5 rings (SSSR count). The summed E-state index contributed by atoms with van der Waals surface area (Å²) in [5.41, 5.74) is 1.66. The first-order chi connectivity index (χ1) is 11.8. The molecule has 1 unspecified atom stereocenters. The first-order valence-corrected chi connectivity index (χ1v) is 10.3. The van der Waals surface area contributed by atoms with Crippen molar-refractivity contribution < 1.29 is 9.59 Å². The molecule has 7 atom stereocenters. The summed E-state index contributed by atoms with van der Waals surface area (Å²) in [6.45, 7) is 6.69. The second-order valence-electron chi connectivity index (χ2n) is 10.1. The monoisotopic (exact) mass is 338 g/mol. The summed E-state index contributed by atoms with van der Waals surface area (Å²) in [4.78, 5) is 24.6. The summed E-state index contributed by atoms with van der Waals surface area (Å²) in [5, 5.41) is 0. The molecule has 0 radical (unpaired) electrons. The van der Waals surface area contributed by atoms with Gasteiger partial charge in [0.05, 0.1) is 5.41 Å². The SMILES string of the molecule is CC(=O)[C@@]12C=CC1C[C@H]1[C@@H]3CCC4=CC(=O)CC[C@]4(C)[C@H]3CC[C@@]12C. The standard InChI is InChI=1S/C23H30O2/c1-14(24)23-11-6-16(23)13-20-18-5-4-15-12-17(25)7-9-21(15,2)19(18)8-10-22(20,23)3/h6,11-12,16,18-20H,4-5,7-10,13H2,1-3H3/t16?,18-,19+,20+,21+,22+,23+/m1/s1. The third-order valence-electron chi connectivity index (χ3n) is 9.56. The molecule has 0 N–H and O–H groups in total. The van der Waals surface area contributed by atoms with Crippen LogP contribution < -0.4 is 0 Å². The zero-order valence-corrected chi connectivity index (χ0v) is 15.8. The Hall–Kier alpha value is -1.18. The van der Waals surface area contributed by atoms with Gasteiger partial charge >= 0.3 is 0 Å². The quantitative estimate of drug-likeness (QED) is 0.638. The van der Waals surface area contributed by atoms with Crippen molar-refractivity contribution in [1.82, 2.24) is 0 Å². The van der Waals surface area contributed by atoms with E-state index in [-0.39, 0.29) is 16.2 Å². The van der Waals surface area contributed by atoms with Gasteiger partial charge in [0, 0.05) is 6.42 Å². The zero-order valence-electron chi connectivity index (χ0n) is 15.8. The van der Waals surface area contributed by atoms with Crippen LogP contribution in [0.2, 0.25) is 0 Å². The fourth-order valence-electron chi connectivity index (χ4n) is 8.19. The lowest BCUT2D eigenvalue weighted by atomic mass is 9.44. The van der Waals surface area contributed by atoms with Crippen LogP contribution in [0, 0.1) is 39.9 Å². The lowest BCUT2D eigenvalue weighted by Gasteiger charge is -2.60. The van der Waals surface area contributed by atoms with Crippen LogP contribution >= 0.6 is 0 Å². The smallest absolute Gasteiger partial charge is 0.155 e. The van der Waals surface area contributed by atoms with E-state index >= 15 is 0 Å². The van der Waals surface area contributed by atoms with E-state index in [9.17, 15) is 9.59 Å². The van der Waals surface area contributed by atoms with Gasteiger partial charge in [-0.3, -0.25) is 9.59 Å². The molecule has 0 spiro atoms. The maximum Gasteiger partial charge on any atom is 0.155 e. The number of fused-ring (bicyclic) bond motifs is 7. The molecule has 134 valence electrons. The van der Waals surface area contributed by atoms with Gasteiger partial charge < -0.3 is 0 Å². The molecule has 3 fully saturated rings. The minimum Gasteiger partial charge on any atom is -0.299 e. The molecule has 0 aromatic rings. The Kier molecular flexibility index (Phi) is 3.05. The van der Waals surface area contributed by atoms with Gasteiger partial charge in [-0.25, -0.2) is 0 Å². The summed E-state index contributed by atoms with van der Waals surface area (Å²) in [6.07, 6.45) is 14.3. The van der Waals surface area contributed by atoms with Crippen molar-refractivity contribution in [2.45, 2.75) is 65.7 Å². The number of allylic oxidation sites excluding steroid dienone is 3. The van der Waals surface area contributed by atoms with Crippen LogP contribution in [-0.2, 0) is 9.59 Å². The lowest BCUT2D eigenvalue weighted by Crippen LogP contribution is -2.55. The molecule has 0 amide bonds.